The van der Waals surface area contributed by atoms with Gasteiger partial charge in [-0.05, 0) is 18.6 Å². The van der Waals surface area contributed by atoms with Gasteiger partial charge < -0.3 is 10.7 Å². The minimum absolute atomic E-state index is 0. The average Bonchev–Trinajstić information content (AvgIpc) is 2.49. The van der Waals surface area contributed by atoms with Crippen LogP contribution in [-0.2, 0) is 6.54 Å². The van der Waals surface area contributed by atoms with Crippen molar-refractivity contribution in [1.29, 1.82) is 0 Å². The number of nitrogens with two attached hydrogens (primary N) is 1. The number of aromatic nitrogens is 2. The summed E-state index contributed by atoms with van der Waals surface area (Å²) in [6, 6.07) is 6.06. The molecular weight excluding hydrogens is 221 g/mol. The normalized spacial score (nSPS) is 9.29. The number of hydrogen-bond donors (Lipinski definition) is 2. The molecule has 0 amide bonds. The van der Waals surface area contributed by atoms with Crippen molar-refractivity contribution in [2.45, 2.75) is 13.5 Å². The van der Waals surface area contributed by atoms with Gasteiger partial charge in [0.25, 0.3) is 0 Å². The number of aryl methyl sites for hydroxylation is 1. The van der Waals surface area contributed by atoms with Gasteiger partial charge in [0.05, 0.1) is 17.6 Å². The summed E-state index contributed by atoms with van der Waals surface area (Å²) in [5, 5.41) is 0. The highest BCUT2D eigenvalue weighted by Gasteiger charge is 2.01. The highest BCUT2D eigenvalue weighted by atomic mass is 35.5. The number of hydrogen-bond acceptors (Lipinski definition) is 2. The fraction of sp³-hybridized carbons (Fsp3) is 0.222. The molecule has 2 aromatic rings. The second-order valence-electron chi connectivity index (χ2n) is 2.86. The quantitative estimate of drug-likeness (QED) is 0.794. The summed E-state index contributed by atoms with van der Waals surface area (Å²) < 4.78 is 0. The van der Waals surface area contributed by atoms with Crippen LogP contribution >= 0.6 is 24.8 Å². The molecule has 0 fully saturated rings. The third-order valence-electron chi connectivity index (χ3n) is 1.96. The van der Waals surface area contributed by atoms with Crippen LogP contribution in [0.2, 0.25) is 0 Å². The van der Waals surface area contributed by atoms with Crippen molar-refractivity contribution in [1.82, 2.24) is 9.97 Å². The van der Waals surface area contributed by atoms with Gasteiger partial charge in [-0.15, -0.1) is 24.8 Å². The number of imidazole rings is 1. The first kappa shape index (κ1) is 13.2. The third-order valence-corrected chi connectivity index (χ3v) is 1.96. The lowest BCUT2D eigenvalue weighted by Gasteiger charge is -1.90. The molecule has 1 heterocycles. The molecule has 3 nitrogen and oxygen atoms in total. The number of fused-ring (bicyclic) bond motifs is 1. The highest BCUT2D eigenvalue weighted by Crippen LogP contribution is 2.14. The second kappa shape index (κ2) is 5.20. The zero-order chi connectivity index (χ0) is 8.55. The van der Waals surface area contributed by atoms with Gasteiger partial charge in [0.15, 0.2) is 0 Å². The molecule has 0 bridgehead atoms. The van der Waals surface area contributed by atoms with Crippen LogP contribution in [0.4, 0.5) is 0 Å². The Hall–Kier alpha value is -0.770. The molecule has 0 aliphatic rings. The molecule has 14 heavy (non-hydrogen) atoms. The van der Waals surface area contributed by atoms with Gasteiger partial charge in [-0.2, -0.15) is 0 Å². The lowest BCUT2D eigenvalue weighted by molar-refractivity contribution is 0.958. The Morgan fingerprint density at radius 1 is 1.36 bits per heavy atom. The lowest BCUT2D eigenvalue weighted by Crippen LogP contribution is -1.97. The average molecular weight is 234 g/mol. The Balaban J connectivity index is 0.000000845. The van der Waals surface area contributed by atoms with Crippen molar-refractivity contribution in [2.24, 2.45) is 5.73 Å². The van der Waals surface area contributed by atoms with Crippen LogP contribution < -0.4 is 5.73 Å². The Bertz CT molecular complexity index is 411. The molecule has 0 atom stereocenters. The van der Waals surface area contributed by atoms with Crippen LogP contribution in [0.25, 0.3) is 11.0 Å². The number of benzene rings is 1. The van der Waals surface area contributed by atoms with Gasteiger partial charge in [-0.1, -0.05) is 12.1 Å². The van der Waals surface area contributed by atoms with Crippen LogP contribution in [0.5, 0.6) is 0 Å². The molecule has 3 N–H and O–H groups in total. The summed E-state index contributed by atoms with van der Waals surface area (Å²) >= 11 is 0. The molecule has 0 radical (unpaired) electrons. The Kier molecular flexibility index (Phi) is 4.91. The number of nitrogens with one attached hydrogen (secondary N) is 1. The van der Waals surface area contributed by atoms with Crippen LogP contribution in [0.3, 0.4) is 0 Å². The van der Waals surface area contributed by atoms with Gasteiger partial charge in [-0.3, -0.25) is 0 Å². The number of para-hydroxylation sites is 1. The Morgan fingerprint density at radius 3 is 2.64 bits per heavy atom. The lowest BCUT2D eigenvalue weighted by atomic mass is 10.2. The summed E-state index contributed by atoms with van der Waals surface area (Å²) in [5.74, 6) is 0.847. The maximum atomic E-state index is 5.47. The minimum atomic E-state index is 0. The molecule has 78 valence electrons. The van der Waals surface area contributed by atoms with E-state index >= 15 is 0 Å². The molecule has 5 heteroatoms. The maximum Gasteiger partial charge on any atom is 0.121 e. The van der Waals surface area contributed by atoms with Crippen molar-refractivity contribution >= 4 is 35.8 Å². The summed E-state index contributed by atoms with van der Waals surface area (Å²) in [6.07, 6.45) is 0. The fourth-order valence-corrected chi connectivity index (χ4v) is 1.32. The molecule has 1 aromatic heterocycles. The van der Waals surface area contributed by atoms with Gasteiger partial charge in [0.1, 0.15) is 5.82 Å². The fourth-order valence-electron chi connectivity index (χ4n) is 1.32. The number of nitrogens with zero attached hydrogens (tertiary/aromatic N) is 1. The van der Waals surface area contributed by atoms with E-state index in [9.17, 15) is 0 Å². The van der Waals surface area contributed by atoms with Gasteiger partial charge in [-0.25, -0.2) is 4.98 Å². The number of aromatic amines is 1. The van der Waals surface area contributed by atoms with Crippen molar-refractivity contribution in [3.05, 3.63) is 29.6 Å². The number of rotatable bonds is 1. The number of halogens is 2. The van der Waals surface area contributed by atoms with Gasteiger partial charge in [0.2, 0.25) is 0 Å². The molecule has 0 saturated carbocycles. The van der Waals surface area contributed by atoms with Crippen LogP contribution in [0.15, 0.2) is 18.2 Å². The van der Waals surface area contributed by atoms with Crippen molar-refractivity contribution < 1.29 is 0 Å². The predicted octanol–water partition coefficient (Wildman–Crippen LogP) is 2.17. The predicted molar refractivity (Wildman–Crippen MR) is 63.2 cm³/mol. The topological polar surface area (TPSA) is 54.7 Å². The van der Waals surface area contributed by atoms with E-state index in [2.05, 4.69) is 9.97 Å². The van der Waals surface area contributed by atoms with Crippen molar-refractivity contribution in [3.63, 3.8) is 0 Å². The smallest absolute Gasteiger partial charge is 0.121 e. The molecule has 0 saturated heterocycles. The zero-order valence-corrected chi connectivity index (χ0v) is 9.41. The zero-order valence-electron chi connectivity index (χ0n) is 7.78. The van der Waals surface area contributed by atoms with E-state index in [-0.39, 0.29) is 24.8 Å². The van der Waals surface area contributed by atoms with Gasteiger partial charge >= 0.3 is 0 Å². The molecule has 0 aliphatic heterocycles. The SMILES string of the molecule is Cc1cccc2[nH]c(CN)nc12.Cl.Cl. The first-order chi connectivity index (χ1) is 5.81. The largest absolute Gasteiger partial charge is 0.341 e. The second-order valence-corrected chi connectivity index (χ2v) is 2.86. The van der Waals surface area contributed by atoms with E-state index < -0.39 is 0 Å². The van der Waals surface area contributed by atoms with Crippen molar-refractivity contribution in [3.8, 4) is 0 Å². The maximum absolute atomic E-state index is 5.47. The molecule has 1 aromatic carbocycles. The summed E-state index contributed by atoms with van der Waals surface area (Å²) in [7, 11) is 0. The Morgan fingerprint density at radius 2 is 2.07 bits per heavy atom. The first-order valence-electron chi connectivity index (χ1n) is 3.95. The van der Waals surface area contributed by atoms with E-state index in [4.69, 9.17) is 5.73 Å². The highest BCUT2D eigenvalue weighted by molar-refractivity contribution is 5.85. The summed E-state index contributed by atoms with van der Waals surface area (Å²) in [4.78, 5) is 7.50. The third kappa shape index (κ3) is 2.18. The van der Waals surface area contributed by atoms with E-state index in [0.717, 1.165) is 16.9 Å². The van der Waals surface area contributed by atoms with Crippen LogP contribution in [0, 0.1) is 6.92 Å². The molecule has 0 unspecified atom stereocenters. The molecular formula is C9H13Cl2N3. The van der Waals surface area contributed by atoms with E-state index in [0.29, 0.717) is 6.54 Å². The van der Waals surface area contributed by atoms with E-state index in [1.54, 1.807) is 0 Å². The molecule has 2 rings (SSSR count). The summed E-state index contributed by atoms with van der Waals surface area (Å²) in [6.45, 7) is 2.51. The number of H-pyrrole nitrogens is 1. The summed E-state index contributed by atoms with van der Waals surface area (Å²) in [5.41, 5.74) is 8.74. The Labute approximate surface area is 94.9 Å². The van der Waals surface area contributed by atoms with E-state index in [1.807, 2.05) is 25.1 Å². The van der Waals surface area contributed by atoms with E-state index in [1.165, 1.54) is 5.56 Å². The minimum Gasteiger partial charge on any atom is -0.341 e. The van der Waals surface area contributed by atoms with Crippen LogP contribution in [0.1, 0.15) is 11.4 Å². The molecule has 0 aliphatic carbocycles. The van der Waals surface area contributed by atoms with Gasteiger partial charge in [0, 0.05) is 0 Å². The monoisotopic (exact) mass is 233 g/mol. The van der Waals surface area contributed by atoms with Crippen molar-refractivity contribution in [2.75, 3.05) is 0 Å². The van der Waals surface area contributed by atoms with Crippen LogP contribution in [-0.4, -0.2) is 9.97 Å². The standard InChI is InChI=1S/C9H11N3.2ClH/c1-6-3-2-4-7-9(6)12-8(5-10)11-7;;/h2-4H,5,10H2,1H3,(H,11,12);2*1H. The first-order valence-corrected chi connectivity index (χ1v) is 3.95. The molecule has 0 spiro atoms.